The van der Waals surface area contributed by atoms with E-state index in [1.165, 1.54) is 39.3 Å². The number of benzene rings is 2. The average Bonchev–Trinajstić information content (AvgIpc) is 3.36. The van der Waals surface area contributed by atoms with Crippen molar-refractivity contribution < 1.29 is 4.74 Å². The number of methoxy groups -OCH3 is 1. The second-order valence-electron chi connectivity index (χ2n) is 9.55. The van der Waals surface area contributed by atoms with E-state index in [2.05, 4.69) is 84.9 Å². The largest absolute Gasteiger partial charge is 0.497 e. The molecular formula is C30H32N4OS. The Hall–Kier alpha value is -3.64. The van der Waals surface area contributed by atoms with Gasteiger partial charge in [-0.1, -0.05) is 30.3 Å². The van der Waals surface area contributed by atoms with Crippen molar-refractivity contribution in [2.75, 3.05) is 7.11 Å². The number of hydrogen-bond donors (Lipinski definition) is 1. The second-order valence-corrected chi connectivity index (χ2v) is 9.94. The average molecular weight is 497 g/mol. The molecule has 0 spiro atoms. The first-order valence-electron chi connectivity index (χ1n) is 12.2. The van der Waals surface area contributed by atoms with Crippen molar-refractivity contribution in [2.45, 2.75) is 46.3 Å². The van der Waals surface area contributed by atoms with Gasteiger partial charge in [-0.15, -0.1) is 0 Å². The monoisotopic (exact) mass is 496 g/mol. The number of ether oxygens (including phenoxy) is 1. The molecule has 0 radical (unpaired) electrons. The highest BCUT2D eigenvalue weighted by Gasteiger charge is 2.41. The fraction of sp³-hybridized carbons (Fsp3) is 0.267. The Balaban J connectivity index is 1.61. The van der Waals surface area contributed by atoms with Crippen LogP contribution < -0.4 is 10.1 Å². The third-order valence-corrected chi connectivity index (χ3v) is 7.46. The van der Waals surface area contributed by atoms with Gasteiger partial charge in [-0.25, -0.2) is 0 Å². The summed E-state index contributed by atoms with van der Waals surface area (Å²) in [6, 6.07) is 23.2. The van der Waals surface area contributed by atoms with Crippen LogP contribution in [0, 0.1) is 27.7 Å². The SMILES string of the molecule is COc1ccc(CN2C(=S)N[C@H](c3ccccn3)[C@@H]2c2cc(C)n(-c3cc(C)ccc3C)c2C)cc1. The number of nitrogens with one attached hydrogen (secondary N) is 1. The van der Waals surface area contributed by atoms with Gasteiger partial charge < -0.3 is 19.5 Å². The topological polar surface area (TPSA) is 42.3 Å². The maximum Gasteiger partial charge on any atom is 0.170 e. The summed E-state index contributed by atoms with van der Waals surface area (Å²) in [7, 11) is 1.69. The number of hydrogen-bond acceptors (Lipinski definition) is 3. The molecule has 2 atom stereocenters. The number of aryl methyl sites for hydroxylation is 3. The van der Waals surface area contributed by atoms with Gasteiger partial charge in [-0.2, -0.15) is 0 Å². The van der Waals surface area contributed by atoms with E-state index in [9.17, 15) is 0 Å². The first-order chi connectivity index (χ1) is 17.4. The smallest absolute Gasteiger partial charge is 0.170 e. The molecule has 5 nitrogen and oxygen atoms in total. The highest BCUT2D eigenvalue weighted by Crippen LogP contribution is 2.42. The zero-order valence-electron chi connectivity index (χ0n) is 21.4. The van der Waals surface area contributed by atoms with Gasteiger partial charge in [0.2, 0.25) is 0 Å². The van der Waals surface area contributed by atoms with Crippen molar-refractivity contribution in [1.29, 1.82) is 0 Å². The Labute approximate surface area is 218 Å². The lowest BCUT2D eigenvalue weighted by atomic mass is 9.96. The number of nitrogens with zero attached hydrogens (tertiary/aromatic N) is 3. The van der Waals surface area contributed by atoms with Crippen molar-refractivity contribution in [1.82, 2.24) is 19.8 Å². The zero-order chi connectivity index (χ0) is 25.4. The summed E-state index contributed by atoms with van der Waals surface area (Å²) in [5.41, 5.74) is 9.57. The summed E-state index contributed by atoms with van der Waals surface area (Å²) in [4.78, 5) is 7.00. The predicted molar refractivity (Wildman–Crippen MR) is 149 cm³/mol. The first kappa shape index (κ1) is 24.1. The highest BCUT2D eigenvalue weighted by atomic mass is 32.1. The number of pyridine rings is 1. The molecule has 3 heterocycles. The van der Waals surface area contributed by atoms with Gasteiger partial charge in [0, 0.05) is 29.8 Å². The quantitative estimate of drug-likeness (QED) is 0.318. The molecule has 0 amide bonds. The van der Waals surface area contributed by atoms with Crippen LogP contribution in [0.4, 0.5) is 0 Å². The molecule has 2 aromatic carbocycles. The summed E-state index contributed by atoms with van der Waals surface area (Å²) >= 11 is 5.91. The maximum absolute atomic E-state index is 5.91. The van der Waals surface area contributed by atoms with E-state index in [1.54, 1.807) is 7.11 Å². The molecule has 5 rings (SSSR count). The van der Waals surface area contributed by atoms with Crippen LogP contribution in [0.15, 0.2) is 72.9 Å². The van der Waals surface area contributed by atoms with Crippen molar-refractivity contribution in [3.8, 4) is 11.4 Å². The van der Waals surface area contributed by atoms with Gasteiger partial charge in [0.1, 0.15) is 5.75 Å². The van der Waals surface area contributed by atoms with Gasteiger partial charge in [-0.3, -0.25) is 4.98 Å². The summed E-state index contributed by atoms with van der Waals surface area (Å²) in [6.45, 7) is 9.41. The summed E-state index contributed by atoms with van der Waals surface area (Å²) in [5.74, 6) is 0.848. The van der Waals surface area contributed by atoms with Crippen LogP contribution in [-0.4, -0.2) is 26.7 Å². The van der Waals surface area contributed by atoms with Crippen molar-refractivity contribution in [3.05, 3.63) is 112 Å². The van der Waals surface area contributed by atoms with Crippen LogP contribution in [0.1, 0.15) is 51.4 Å². The minimum atomic E-state index is -0.0514. The number of aromatic nitrogens is 2. The maximum atomic E-state index is 5.91. The van der Waals surface area contributed by atoms with Gasteiger partial charge >= 0.3 is 0 Å². The zero-order valence-corrected chi connectivity index (χ0v) is 22.3. The van der Waals surface area contributed by atoms with Gasteiger partial charge in [-0.05, 0) is 98.6 Å². The Kier molecular flexibility index (Phi) is 6.54. The molecule has 1 aliphatic rings. The molecule has 0 saturated carbocycles. The van der Waals surface area contributed by atoms with Crippen molar-refractivity contribution >= 4 is 17.3 Å². The van der Waals surface area contributed by atoms with Crippen LogP contribution in [0.25, 0.3) is 5.69 Å². The van der Waals surface area contributed by atoms with Gasteiger partial charge in [0.05, 0.1) is 24.9 Å². The lowest BCUT2D eigenvalue weighted by Gasteiger charge is -2.28. The standard InChI is InChI=1S/C30H32N4OS/c1-19-9-10-20(2)27(16-19)34-21(3)17-25(22(34)4)29-28(26-8-6-7-15-31-26)32-30(36)33(29)18-23-11-13-24(35-5)14-12-23/h6-17,28-29H,18H2,1-5H3,(H,32,36)/t28-,29+/m1/s1. The third kappa shape index (κ3) is 4.37. The molecule has 6 heteroatoms. The Morgan fingerprint density at radius 2 is 1.75 bits per heavy atom. The summed E-state index contributed by atoms with van der Waals surface area (Å²) < 4.78 is 7.73. The van der Waals surface area contributed by atoms with Gasteiger partial charge in [0.15, 0.2) is 5.11 Å². The molecule has 4 aromatic rings. The van der Waals surface area contributed by atoms with Crippen LogP contribution in [0.3, 0.4) is 0 Å². The fourth-order valence-corrected chi connectivity index (χ4v) is 5.57. The van der Waals surface area contributed by atoms with Gasteiger partial charge in [0.25, 0.3) is 0 Å². The number of thiocarbonyl (C=S) groups is 1. The lowest BCUT2D eigenvalue weighted by molar-refractivity contribution is 0.310. The minimum absolute atomic E-state index is 0.000401. The van der Waals surface area contributed by atoms with E-state index in [0.717, 1.165) is 16.6 Å². The molecule has 184 valence electrons. The third-order valence-electron chi connectivity index (χ3n) is 7.10. The predicted octanol–water partition coefficient (Wildman–Crippen LogP) is 6.29. The molecule has 1 fully saturated rings. The Morgan fingerprint density at radius 1 is 0.972 bits per heavy atom. The molecule has 1 aliphatic heterocycles. The molecule has 36 heavy (non-hydrogen) atoms. The normalized spacial score (nSPS) is 17.4. The van der Waals surface area contributed by atoms with Crippen LogP contribution in [0.2, 0.25) is 0 Å². The van der Waals surface area contributed by atoms with Crippen LogP contribution in [-0.2, 0) is 6.54 Å². The highest BCUT2D eigenvalue weighted by molar-refractivity contribution is 7.80. The number of rotatable bonds is 6. The molecular weight excluding hydrogens is 464 g/mol. The van der Waals surface area contributed by atoms with Crippen LogP contribution >= 0.6 is 12.2 Å². The molecule has 0 unspecified atom stereocenters. The molecule has 2 aromatic heterocycles. The Morgan fingerprint density at radius 3 is 2.44 bits per heavy atom. The summed E-state index contributed by atoms with van der Waals surface area (Å²) in [5, 5.41) is 4.33. The van der Waals surface area contributed by atoms with E-state index >= 15 is 0 Å². The molecule has 0 aliphatic carbocycles. The fourth-order valence-electron chi connectivity index (χ4n) is 5.26. The molecule has 1 saturated heterocycles. The van der Waals surface area contributed by atoms with Crippen molar-refractivity contribution in [2.24, 2.45) is 0 Å². The van der Waals surface area contributed by atoms with E-state index in [0.29, 0.717) is 6.54 Å². The molecule has 1 N–H and O–H groups in total. The van der Waals surface area contributed by atoms with E-state index < -0.39 is 0 Å². The second kappa shape index (κ2) is 9.78. The first-order valence-corrected chi connectivity index (χ1v) is 12.7. The minimum Gasteiger partial charge on any atom is -0.497 e. The Bertz CT molecular complexity index is 1390. The summed E-state index contributed by atoms with van der Waals surface area (Å²) in [6.07, 6.45) is 1.85. The van der Waals surface area contributed by atoms with E-state index in [-0.39, 0.29) is 12.1 Å². The van der Waals surface area contributed by atoms with E-state index in [4.69, 9.17) is 21.9 Å². The van der Waals surface area contributed by atoms with Crippen molar-refractivity contribution in [3.63, 3.8) is 0 Å². The lowest BCUT2D eigenvalue weighted by Crippen LogP contribution is -2.29. The van der Waals surface area contributed by atoms with Crippen LogP contribution in [0.5, 0.6) is 5.75 Å². The van der Waals surface area contributed by atoms with E-state index in [1.807, 2.05) is 30.5 Å². The molecule has 0 bridgehead atoms.